The molecule has 0 saturated heterocycles. The second kappa shape index (κ2) is 8.11. The van der Waals surface area contributed by atoms with Gasteiger partial charge in [0.1, 0.15) is 5.38 Å². The maximum absolute atomic E-state index is 11.0. The topological polar surface area (TPSA) is 26.3 Å². The summed E-state index contributed by atoms with van der Waals surface area (Å²) in [6, 6.07) is 0. The number of ether oxygens (including phenoxy) is 1. The van der Waals surface area contributed by atoms with Crippen molar-refractivity contribution in [2.24, 2.45) is 0 Å². The number of esters is 1. The van der Waals surface area contributed by atoms with Gasteiger partial charge in [0, 0.05) is 0 Å². The number of allylic oxidation sites excluding steroid dienone is 1. The second-order valence-electron chi connectivity index (χ2n) is 2.71. The lowest BCUT2D eigenvalue weighted by Gasteiger charge is -2.05. The Morgan fingerprint density at radius 3 is 2.69 bits per heavy atom. The lowest BCUT2D eigenvalue weighted by Crippen LogP contribution is -2.17. The molecule has 0 rings (SSSR count). The van der Waals surface area contributed by atoms with E-state index in [4.69, 9.17) is 16.3 Å². The van der Waals surface area contributed by atoms with Crippen molar-refractivity contribution in [2.75, 3.05) is 6.61 Å². The molecule has 2 nitrogen and oxygen atoms in total. The van der Waals surface area contributed by atoms with Gasteiger partial charge < -0.3 is 4.74 Å². The maximum Gasteiger partial charge on any atom is 0.324 e. The molecule has 0 aromatic rings. The van der Waals surface area contributed by atoms with Crippen LogP contribution in [-0.4, -0.2) is 18.0 Å². The predicted octanol–water partition coefficient (Wildman–Crippen LogP) is 2.90. The SMILES string of the molecule is CC/C=C/CCOC(=O)C(Cl)CC. The van der Waals surface area contributed by atoms with Crippen molar-refractivity contribution in [1.29, 1.82) is 0 Å². The molecule has 76 valence electrons. The fourth-order valence-corrected chi connectivity index (χ4v) is 0.832. The molecule has 0 aromatic carbocycles. The first-order valence-corrected chi connectivity index (χ1v) is 5.11. The molecule has 0 N–H and O–H groups in total. The molecular weight excluding hydrogens is 188 g/mol. The highest BCUT2D eigenvalue weighted by Gasteiger charge is 2.13. The smallest absolute Gasteiger partial charge is 0.324 e. The summed E-state index contributed by atoms with van der Waals surface area (Å²) in [5.41, 5.74) is 0. The summed E-state index contributed by atoms with van der Waals surface area (Å²) in [6.45, 7) is 4.35. The van der Waals surface area contributed by atoms with Crippen molar-refractivity contribution in [1.82, 2.24) is 0 Å². The van der Waals surface area contributed by atoms with Crippen LogP contribution in [0.15, 0.2) is 12.2 Å². The summed E-state index contributed by atoms with van der Waals surface area (Å²) in [4.78, 5) is 11.0. The third-order valence-electron chi connectivity index (χ3n) is 1.55. The highest BCUT2D eigenvalue weighted by atomic mass is 35.5. The fraction of sp³-hybridized carbons (Fsp3) is 0.700. The van der Waals surface area contributed by atoms with Crippen LogP contribution >= 0.6 is 11.6 Å². The van der Waals surface area contributed by atoms with E-state index in [1.165, 1.54) is 0 Å². The summed E-state index contributed by atoms with van der Waals surface area (Å²) >= 11 is 5.66. The number of rotatable bonds is 6. The van der Waals surface area contributed by atoms with Crippen molar-refractivity contribution >= 4 is 17.6 Å². The van der Waals surface area contributed by atoms with E-state index in [0.717, 1.165) is 12.8 Å². The highest BCUT2D eigenvalue weighted by molar-refractivity contribution is 6.29. The molecule has 0 saturated carbocycles. The Hall–Kier alpha value is -0.500. The van der Waals surface area contributed by atoms with Gasteiger partial charge in [-0.1, -0.05) is 26.0 Å². The quantitative estimate of drug-likeness (QED) is 0.288. The Bertz CT molecular complexity index is 166. The summed E-state index contributed by atoms with van der Waals surface area (Å²) in [7, 11) is 0. The van der Waals surface area contributed by atoms with Crippen LogP contribution in [0.4, 0.5) is 0 Å². The van der Waals surface area contributed by atoms with Crippen LogP contribution in [0.3, 0.4) is 0 Å². The van der Waals surface area contributed by atoms with Gasteiger partial charge in [-0.2, -0.15) is 0 Å². The first-order valence-electron chi connectivity index (χ1n) is 4.68. The molecule has 0 aromatic heterocycles. The molecule has 0 amide bonds. The van der Waals surface area contributed by atoms with Gasteiger partial charge in [-0.3, -0.25) is 4.79 Å². The zero-order valence-electron chi connectivity index (χ0n) is 8.25. The van der Waals surface area contributed by atoms with Gasteiger partial charge in [0.05, 0.1) is 6.61 Å². The van der Waals surface area contributed by atoms with E-state index >= 15 is 0 Å². The number of carbonyl (C=O) groups excluding carboxylic acids is 1. The van der Waals surface area contributed by atoms with Gasteiger partial charge in [-0.05, 0) is 19.3 Å². The minimum Gasteiger partial charge on any atom is -0.464 e. The molecule has 0 radical (unpaired) electrons. The molecule has 0 spiro atoms. The van der Waals surface area contributed by atoms with Gasteiger partial charge in [-0.15, -0.1) is 11.6 Å². The molecule has 0 heterocycles. The molecule has 1 atom stereocenters. The molecule has 13 heavy (non-hydrogen) atoms. The standard InChI is InChI=1S/C10H17ClO2/c1-3-5-6-7-8-13-10(12)9(11)4-2/h5-6,9H,3-4,7-8H2,1-2H3/b6-5+. The number of alkyl halides is 1. The number of hydrogen-bond acceptors (Lipinski definition) is 2. The minimum atomic E-state index is -0.491. The van der Waals surface area contributed by atoms with Crippen LogP contribution in [0.25, 0.3) is 0 Å². The average molecular weight is 205 g/mol. The van der Waals surface area contributed by atoms with E-state index in [1.807, 2.05) is 19.1 Å². The Morgan fingerprint density at radius 1 is 1.46 bits per heavy atom. The van der Waals surface area contributed by atoms with Gasteiger partial charge >= 0.3 is 5.97 Å². The van der Waals surface area contributed by atoms with Crippen molar-refractivity contribution in [3.63, 3.8) is 0 Å². The summed E-state index contributed by atoms with van der Waals surface area (Å²) in [5.74, 6) is -0.311. The molecule has 3 heteroatoms. The van der Waals surface area contributed by atoms with E-state index in [1.54, 1.807) is 0 Å². The normalized spacial score (nSPS) is 13.2. The van der Waals surface area contributed by atoms with Gasteiger partial charge in [0.25, 0.3) is 0 Å². The minimum absolute atomic E-state index is 0.311. The second-order valence-corrected chi connectivity index (χ2v) is 3.24. The lowest BCUT2D eigenvalue weighted by molar-refractivity contribution is -0.143. The van der Waals surface area contributed by atoms with Gasteiger partial charge in [-0.25, -0.2) is 0 Å². The maximum atomic E-state index is 11.0. The molecule has 0 aliphatic heterocycles. The Kier molecular flexibility index (Phi) is 7.80. The van der Waals surface area contributed by atoms with Crippen molar-refractivity contribution in [2.45, 2.75) is 38.5 Å². The fourth-order valence-electron chi connectivity index (χ4n) is 0.769. The molecule has 0 bridgehead atoms. The lowest BCUT2D eigenvalue weighted by atomic mass is 10.3. The van der Waals surface area contributed by atoms with Gasteiger partial charge in [0.2, 0.25) is 0 Å². The Morgan fingerprint density at radius 2 is 2.15 bits per heavy atom. The molecular formula is C10H17ClO2. The average Bonchev–Trinajstić information content (AvgIpc) is 2.16. The first-order chi connectivity index (χ1) is 6.22. The number of carbonyl (C=O) groups is 1. The van der Waals surface area contributed by atoms with Gasteiger partial charge in [0.15, 0.2) is 0 Å². The van der Waals surface area contributed by atoms with Crippen molar-refractivity contribution in [3.05, 3.63) is 12.2 Å². The zero-order valence-corrected chi connectivity index (χ0v) is 9.01. The van der Waals surface area contributed by atoms with Crippen molar-refractivity contribution < 1.29 is 9.53 Å². The molecule has 1 unspecified atom stereocenters. The third-order valence-corrected chi connectivity index (χ3v) is 2.03. The summed E-state index contributed by atoms with van der Waals surface area (Å²) in [6.07, 6.45) is 6.45. The Labute approximate surface area is 84.9 Å². The van der Waals surface area contributed by atoms with Crippen LogP contribution < -0.4 is 0 Å². The van der Waals surface area contributed by atoms with E-state index in [-0.39, 0.29) is 5.97 Å². The van der Waals surface area contributed by atoms with E-state index < -0.39 is 5.38 Å². The zero-order chi connectivity index (χ0) is 10.1. The largest absolute Gasteiger partial charge is 0.464 e. The third kappa shape index (κ3) is 6.64. The Balaban J connectivity index is 3.42. The van der Waals surface area contributed by atoms with E-state index in [9.17, 15) is 4.79 Å². The summed E-state index contributed by atoms with van der Waals surface area (Å²) < 4.78 is 4.92. The van der Waals surface area contributed by atoms with E-state index in [0.29, 0.717) is 13.0 Å². The molecule has 0 aliphatic rings. The molecule has 0 fully saturated rings. The first kappa shape index (κ1) is 12.5. The van der Waals surface area contributed by atoms with Crippen molar-refractivity contribution in [3.8, 4) is 0 Å². The van der Waals surface area contributed by atoms with Crippen LogP contribution in [-0.2, 0) is 9.53 Å². The number of hydrogen-bond donors (Lipinski definition) is 0. The van der Waals surface area contributed by atoms with Crippen LogP contribution in [0.5, 0.6) is 0 Å². The van der Waals surface area contributed by atoms with Crippen LogP contribution in [0, 0.1) is 0 Å². The monoisotopic (exact) mass is 204 g/mol. The predicted molar refractivity (Wildman–Crippen MR) is 54.9 cm³/mol. The summed E-state index contributed by atoms with van der Waals surface area (Å²) in [5, 5.41) is -0.491. The van der Waals surface area contributed by atoms with E-state index in [2.05, 4.69) is 6.92 Å². The molecule has 0 aliphatic carbocycles. The highest BCUT2D eigenvalue weighted by Crippen LogP contribution is 2.03. The number of halogens is 1. The van der Waals surface area contributed by atoms with Crippen LogP contribution in [0.2, 0.25) is 0 Å². The van der Waals surface area contributed by atoms with Crippen LogP contribution in [0.1, 0.15) is 33.1 Å².